The van der Waals surface area contributed by atoms with Gasteiger partial charge < -0.3 is 10.4 Å². The molecule has 1 aromatic carbocycles. The quantitative estimate of drug-likeness (QED) is 0.594. The molecule has 6 heteroatoms. The van der Waals surface area contributed by atoms with E-state index < -0.39 is 5.97 Å². The molecule has 0 aliphatic rings. The first-order chi connectivity index (χ1) is 9.93. The van der Waals surface area contributed by atoms with Crippen LogP contribution in [0.25, 0.3) is 6.08 Å². The minimum atomic E-state index is -1.00. The molecule has 0 unspecified atom stereocenters. The van der Waals surface area contributed by atoms with E-state index in [2.05, 4.69) is 11.9 Å². The largest absolute Gasteiger partial charge is 0.478 e. The number of amides is 1. The first-order valence-electron chi connectivity index (χ1n) is 6.23. The number of hydrogen-bond acceptors (Lipinski definition) is 2. The minimum absolute atomic E-state index is 0.237. The number of carboxylic acid groups (broad SMARTS) is 1. The molecule has 0 aromatic heterocycles. The molecule has 0 saturated heterocycles. The number of carbonyl (C=O) groups excluding carboxylic acids is 1. The molecule has 0 bridgehead atoms. The molecule has 0 radical (unpaired) electrons. The van der Waals surface area contributed by atoms with Crippen LogP contribution in [0.5, 0.6) is 0 Å². The Morgan fingerprint density at radius 1 is 1.29 bits per heavy atom. The molecule has 0 saturated carbocycles. The second-order valence-corrected chi connectivity index (χ2v) is 5.06. The van der Waals surface area contributed by atoms with Crippen molar-refractivity contribution in [2.45, 2.75) is 12.8 Å². The van der Waals surface area contributed by atoms with Crippen LogP contribution in [0.2, 0.25) is 10.0 Å². The molecule has 0 fully saturated rings. The van der Waals surface area contributed by atoms with Crippen LogP contribution in [-0.2, 0) is 9.59 Å². The minimum Gasteiger partial charge on any atom is -0.478 e. The molecule has 0 heterocycles. The van der Waals surface area contributed by atoms with Crippen LogP contribution in [0.1, 0.15) is 18.4 Å². The average Bonchev–Trinajstić information content (AvgIpc) is 2.45. The Balaban J connectivity index is 2.70. The van der Waals surface area contributed by atoms with Gasteiger partial charge in [-0.25, -0.2) is 4.79 Å². The molecular weight excluding hydrogens is 313 g/mol. The molecule has 1 amide bonds. The fourth-order valence-corrected chi connectivity index (χ4v) is 1.91. The third-order valence-corrected chi connectivity index (χ3v) is 3.41. The summed E-state index contributed by atoms with van der Waals surface area (Å²) >= 11 is 11.7. The van der Waals surface area contributed by atoms with Gasteiger partial charge in [0, 0.05) is 12.1 Å². The lowest BCUT2D eigenvalue weighted by molar-refractivity contribution is -0.132. The number of benzene rings is 1. The fourth-order valence-electron chi connectivity index (χ4n) is 1.61. The number of nitrogens with one attached hydrogen (secondary N) is 1. The summed E-state index contributed by atoms with van der Waals surface area (Å²) in [6.45, 7) is 3.72. The van der Waals surface area contributed by atoms with Crippen molar-refractivity contribution in [2.75, 3.05) is 6.54 Å². The summed E-state index contributed by atoms with van der Waals surface area (Å²) in [6.07, 6.45) is 3.55. The van der Waals surface area contributed by atoms with Crippen molar-refractivity contribution in [3.05, 3.63) is 52.0 Å². The lowest BCUT2D eigenvalue weighted by atomic mass is 10.1. The van der Waals surface area contributed by atoms with Gasteiger partial charge in [-0.05, 0) is 42.7 Å². The average molecular weight is 328 g/mol. The highest BCUT2D eigenvalue weighted by molar-refractivity contribution is 6.42. The maximum absolute atomic E-state index is 11.2. The Bertz CT molecular complexity index is 582. The van der Waals surface area contributed by atoms with Crippen molar-refractivity contribution < 1.29 is 14.7 Å². The smallest absolute Gasteiger partial charge is 0.331 e. The van der Waals surface area contributed by atoms with Crippen LogP contribution in [0.15, 0.2) is 36.4 Å². The van der Waals surface area contributed by atoms with Crippen molar-refractivity contribution >= 4 is 41.2 Å². The lowest BCUT2D eigenvalue weighted by Crippen LogP contribution is -2.22. The summed E-state index contributed by atoms with van der Waals surface area (Å²) in [4.78, 5) is 22.2. The van der Waals surface area contributed by atoms with E-state index in [-0.39, 0.29) is 11.5 Å². The molecular formula is C15H15Cl2NO3. The normalized spacial score (nSPS) is 11.0. The molecule has 0 aliphatic heterocycles. The molecule has 4 nitrogen and oxygen atoms in total. The van der Waals surface area contributed by atoms with E-state index in [1.165, 1.54) is 6.08 Å². The van der Waals surface area contributed by atoms with Gasteiger partial charge in [0.15, 0.2) is 0 Å². The van der Waals surface area contributed by atoms with Crippen molar-refractivity contribution in [1.82, 2.24) is 5.32 Å². The number of halogens is 2. The molecule has 0 spiro atoms. The third-order valence-electron chi connectivity index (χ3n) is 2.67. The molecule has 112 valence electrons. The van der Waals surface area contributed by atoms with Gasteiger partial charge in [-0.1, -0.05) is 35.8 Å². The van der Waals surface area contributed by atoms with Crippen LogP contribution < -0.4 is 5.32 Å². The van der Waals surface area contributed by atoms with Gasteiger partial charge >= 0.3 is 5.97 Å². The summed E-state index contributed by atoms with van der Waals surface area (Å²) in [5.74, 6) is -1.28. The van der Waals surface area contributed by atoms with Gasteiger partial charge in [0.2, 0.25) is 5.91 Å². The zero-order valence-corrected chi connectivity index (χ0v) is 12.7. The SMILES string of the molecule is C=CC(=O)NCCC/C(=C\c1ccc(Cl)c(Cl)c1)C(=O)O. The van der Waals surface area contributed by atoms with E-state index in [4.69, 9.17) is 23.2 Å². The van der Waals surface area contributed by atoms with Crippen LogP contribution in [0.3, 0.4) is 0 Å². The van der Waals surface area contributed by atoms with Crippen LogP contribution in [0, 0.1) is 0 Å². The Morgan fingerprint density at radius 3 is 2.57 bits per heavy atom. The number of rotatable bonds is 7. The van der Waals surface area contributed by atoms with Crippen molar-refractivity contribution in [2.24, 2.45) is 0 Å². The maximum Gasteiger partial charge on any atom is 0.331 e. The Labute approximate surface area is 133 Å². The van der Waals surface area contributed by atoms with Crippen LogP contribution in [0.4, 0.5) is 0 Å². The molecule has 1 rings (SSSR count). The lowest BCUT2D eigenvalue weighted by Gasteiger charge is -2.05. The number of carboxylic acids is 1. The Morgan fingerprint density at radius 2 is 2.00 bits per heavy atom. The first-order valence-corrected chi connectivity index (χ1v) is 6.99. The van der Waals surface area contributed by atoms with Gasteiger partial charge in [0.05, 0.1) is 10.0 Å². The zero-order valence-electron chi connectivity index (χ0n) is 11.2. The van der Waals surface area contributed by atoms with E-state index in [0.29, 0.717) is 35.0 Å². The summed E-state index contributed by atoms with van der Waals surface area (Å²) in [5, 5.41) is 12.6. The van der Waals surface area contributed by atoms with E-state index >= 15 is 0 Å². The second-order valence-electron chi connectivity index (χ2n) is 4.25. The topological polar surface area (TPSA) is 66.4 Å². The fraction of sp³-hybridized carbons (Fsp3) is 0.200. The standard InChI is InChI=1S/C15H15Cl2NO3/c1-2-14(19)18-7-3-4-11(15(20)21)8-10-5-6-12(16)13(17)9-10/h2,5-6,8-9H,1,3-4,7H2,(H,18,19)(H,20,21)/b11-8+. The van der Waals surface area contributed by atoms with Crippen molar-refractivity contribution in [1.29, 1.82) is 0 Å². The molecule has 1 aromatic rings. The summed E-state index contributed by atoms with van der Waals surface area (Å²) in [7, 11) is 0. The van der Waals surface area contributed by atoms with E-state index in [1.54, 1.807) is 24.3 Å². The van der Waals surface area contributed by atoms with Gasteiger partial charge in [0.1, 0.15) is 0 Å². The summed E-state index contributed by atoms with van der Waals surface area (Å²) in [5.41, 5.74) is 0.901. The maximum atomic E-state index is 11.2. The van der Waals surface area contributed by atoms with Crippen molar-refractivity contribution in [3.8, 4) is 0 Å². The zero-order chi connectivity index (χ0) is 15.8. The predicted octanol–water partition coefficient (Wildman–Crippen LogP) is 3.54. The number of carbonyl (C=O) groups is 2. The van der Waals surface area contributed by atoms with E-state index in [1.807, 2.05) is 0 Å². The van der Waals surface area contributed by atoms with Gasteiger partial charge in [-0.2, -0.15) is 0 Å². The van der Waals surface area contributed by atoms with Crippen LogP contribution >= 0.6 is 23.2 Å². The van der Waals surface area contributed by atoms with Gasteiger partial charge in [-0.3, -0.25) is 4.79 Å². The molecule has 21 heavy (non-hydrogen) atoms. The van der Waals surface area contributed by atoms with Crippen LogP contribution in [-0.4, -0.2) is 23.5 Å². The predicted molar refractivity (Wildman–Crippen MR) is 84.5 cm³/mol. The highest BCUT2D eigenvalue weighted by Gasteiger charge is 2.08. The summed E-state index contributed by atoms with van der Waals surface area (Å²) < 4.78 is 0. The van der Waals surface area contributed by atoms with Gasteiger partial charge in [0.25, 0.3) is 0 Å². The first kappa shape index (κ1) is 17.3. The van der Waals surface area contributed by atoms with E-state index in [9.17, 15) is 14.7 Å². The highest BCUT2D eigenvalue weighted by Crippen LogP contribution is 2.24. The summed E-state index contributed by atoms with van der Waals surface area (Å²) in [6, 6.07) is 4.91. The number of hydrogen-bond donors (Lipinski definition) is 2. The molecule has 0 aliphatic carbocycles. The van der Waals surface area contributed by atoms with Crippen molar-refractivity contribution in [3.63, 3.8) is 0 Å². The van der Waals surface area contributed by atoms with Gasteiger partial charge in [-0.15, -0.1) is 0 Å². The Hall–Kier alpha value is -1.78. The second kappa shape index (κ2) is 8.49. The monoisotopic (exact) mass is 327 g/mol. The molecule has 2 N–H and O–H groups in total. The number of aliphatic carboxylic acids is 1. The third kappa shape index (κ3) is 6.02. The van der Waals surface area contributed by atoms with E-state index in [0.717, 1.165) is 0 Å². The highest BCUT2D eigenvalue weighted by atomic mass is 35.5. The Kier molecular flexibility index (Phi) is 6.99. The molecule has 0 atom stereocenters.